The third kappa shape index (κ3) is 6.22. The Labute approximate surface area is 132 Å². The Kier molecular flexibility index (Phi) is 8.83. The van der Waals surface area contributed by atoms with Crippen molar-refractivity contribution in [2.75, 3.05) is 45.8 Å². The number of ether oxygens (including phenoxy) is 3. The number of aliphatic imine (C=N–C) groups is 1. The van der Waals surface area contributed by atoms with Gasteiger partial charge >= 0.3 is 0 Å². The quantitative estimate of drug-likeness (QED) is 0.417. The van der Waals surface area contributed by atoms with Crippen LogP contribution in [0, 0.1) is 0 Å². The van der Waals surface area contributed by atoms with Crippen LogP contribution >= 0.6 is 0 Å². The van der Waals surface area contributed by atoms with Crippen molar-refractivity contribution >= 4 is 11.6 Å². The Morgan fingerprint density at radius 3 is 2.64 bits per heavy atom. The maximum absolute atomic E-state index is 5.51. The van der Waals surface area contributed by atoms with E-state index < -0.39 is 0 Å². The predicted molar refractivity (Wildman–Crippen MR) is 90.3 cm³/mol. The second-order valence-electron chi connectivity index (χ2n) is 4.53. The van der Waals surface area contributed by atoms with Crippen molar-refractivity contribution < 1.29 is 14.2 Å². The lowest BCUT2D eigenvalue weighted by atomic mass is 10.2. The topological polar surface area (TPSA) is 64.1 Å². The van der Waals surface area contributed by atoms with E-state index >= 15 is 0 Å². The van der Waals surface area contributed by atoms with Crippen LogP contribution in [0.15, 0.2) is 23.2 Å². The number of anilines is 1. The maximum atomic E-state index is 5.51. The lowest BCUT2D eigenvalue weighted by Crippen LogP contribution is -2.30. The van der Waals surface area contributed by atoms with Gasteiger partial charge in [0.25, 0.3) is 0 Å². The molecule has 0 aliphatic rings. The standard InChI is InChI=1S/C16H27N3O3/c1-5-17-16(18-10-7-11-20-3)19-13-8-9-14(22-6-2)15(12-13)21-4/h8-9,12H,5-7,10-11H2,1-4H3,(H2,17,18,19). The second kappa shape index (κ2) is 10.7. The molecule has 6 nitrogen and oxygen atoms in total. The third-order valence-corrected chi connectivity index (χ3v) is 2.85. The van der Waals surface area contributed by atoms with E-state index in [4.69, 9.17) is 14.2 Å². The fourth-order valence-corrected chi connectivity index (χ4v) is 1.86. The number of rotatable bonds is 9. The first-order chi connectivity index (χ1) is 10.7. The molecular weight excluding hydrogens is 282 g/mol. The van der Waals surface area contributed by atoms with Crippen molar-refractivity contribution in [1.82, 2.24) is 5.32 Å². The van der Waals surface area contributed by atoms with Crippen LogP contribution in [-0.2, 0) is 4.74 Å². The Hall–Kier alpha value is -1.95. The molecule has 0 aliphatic carbocycles. The minimum atomic E-state index is 0.604. The van der Waals surface area contributed by atoms with Gasteiger partial charge in [-0.2, -0.15) is 0 Å². The van der Waals surface area contributed by atoms with Gasteiger partial charge in [0.15, 0.2) is 17.5 Å². The van der Waals surface area contributed by atoms with Crippen molar-refractivity contribution in [3.05, 3.63) is 18.2 Å². The van der Waals surface area contributed by atoms with Crippen LogP contribution in [0.25, 0.3) is 0 Å². The van der Waals surface area contributed by atoms with Gasteiger partial charge in [-0.3, -0.25) is 4.99 Å². The molecule has 0 saturated carbocycles. The Balaban J connectivity index is 2.75. The zero-order valence-electron chi connectivity index (χ0n) is 13.9. The average Bonchev–Trinajstić information content (AvgIpc) is 2.53. The maximum Gasteiger partial charge on any atom is 0.195 e. The number of benzene rings is 1. The molecular formula is C16H27N3O3. The fourth-order valence-electron chi connectivity index (χ4n) is 1.86. The lowest BCUT2D eigenvalue weighted by molar-refractivity contribution is 0.197. The minimum absolute atomic E-state index is 0.604. The summed E-state index contributed by atoms with van der Waals surface area (Å²) in [5.41, 5.74) is 0.895. The van der Waals surface area contributed by atoms with Crippen molar-refractivity contribution in [2.45, 2.75) is 20.3 Å². The van der Waals surface area contributed by atoms with Gasteiger partial charge in [-0.1, -0.05) is 0 Å². The Morgan fingerprint density at radius 2 is 2.00 bits per heavy atom. The predicted octanol–water partition coefficient (Wildman–Crippen LogP) is 2.51. The summed E-state index contributed by atoms with van der Waals surface area (Å²) >= 11 is 0. The minimum Gasteiger partial charge on any atom is -0.493 e. The highest BCUT2D eigenvalue weighted by Crippen LogP contribution is 2.30. The number of guanidine groups is 1. The SMILES string of the molecule is CCNC(=NCCCOC)Nc1ccc(OCC)c(OC)c1. The van der Waals surface area contributed by atoms with E-state index in [2.05, 4.69) is 15.6 Å². The summed E-state index contributed by atoms with van der Waals surface area (Å²) in [6, 6.07) is 5.72. The highest BCUT2D eigenvalue weighted by molar-refractivity contribution is 5.93. The van der Waals surface area contributed by atoms with Gasteiger partial charge in [0, 0.05) is 38.6 Å². The third-order valence-electron chi connectivity index (χ3n) is 2.85. The molecule has 0 amide bonds. The summed E-state index contributed by atoms with van der Waals surface area (Å²) < 4.78 is 15.9. The van der Waals surface area contributed by atoms with Crippen molar-refractivity contribution in [3.63, 3.8) is 0 Å². The van der Waals surface area contributed by atoms with Crippen molar-refractivity contribution in [1.29, 1.82) is 0 Å². The van der Waals surface area contributed by atoms with E-state index in [-0.39, 0.29) is 0 Å². The summed E-state index contributed by atoms with van der Waals surface area (Å²) in [6.07, 6.45) is 0.889. The molecule has 2 N–H and O–H groups in total. The summed E-state index contributed by atoms with van der Waals surface area (Å²) in [5, 5.41) is 6.47. The summed E-state index contributed by atoms with van der Waals surface area (Å²) in [6.45, 7) is 6.79. The molecule has 0 aromatic heterocycles. The van der Waals surface area contributed by atoms with Gasteiger partial charge < -0.3 is 24.8 Å². The highest BCUT2D eigenvalue weighted by atomic mass is 16.5. The zero-order chi connectivity index (χ0) is 16.2. The molecule has 0 spiro atoms. The number of nitrogens with one attached hydrogen (secondary N) is 2. The van der Waals surface area contributed by atoms with Gasteiger partial charge in [0.1, 0.15) is 0 Å². The molecule has 6 heteroatoms. The smallest absolute Gasteiger partial charge is 0.195 e. The molecule has 124 valence electrons. The summed E-state index contributed by atoms with van der Waals surface area (Å²) in [5.74, 6) is 2.17. The Bertz CT molecular complexity index is 464. The molecule has 0 radical (unpaired) electrons. The van der Waals surface area contributed by atoms with E-state index in [1.54, 1.807) is 14.2 Å². The van der Waals surface area contributed by atoms with E-state index in [9.17, 15) is 0 Å². The van der Waals surface area contributed by atoms with Gasteiger partial charge in [0.2, 0.25) is 0 Å². The summed E-state index contributed by atoms with van der Waals surface area (Å²) in [7, 11) is 3.32. The molecule has 0 fully saturated rings. The highest BCUT2D eigenvalue weighted by Gasteiger charge is 2.06. The zero-order valence-corrected chi connectivity index (χ0v) is 13.9. The Morgan fingerprint density at radius 1 is 1.18 bits per heavy atom. The lowest BCUT2D eigenvalue weighted by Gasteiger charge is -2.14. The van der Waals surface area contributed by atoms with Crippen LogP contribution in [0.3, 0.4) is 0 Å². The van der Waals surface area contributed by atoms with Crippen LogP contribution in [0.4, 0.5) is 5.69 Å². The van der Waals surface area contributed by atoms with Crippen molar-refractivity contribution in [2.24, 2.45) is 4.99 Å². The molecule has 1 rings (SSSR count). The van der Waals surface area contributed by atoms with Gasteiger partial charge in [-0.05, 0) is 32.4 Å². The van der Waals surface area contributed by atoms with Crippen LogP contribution < -0.4 is 20.1 Å². The van der Waals surface area contributed by atoms with Crippen LogP contribution in [0.2, 0.25) is 0 Å². The fraction of sp³-hybridized carbons (Fsp3) is 0.562. The molecule has 0 aliphatic heterocycles. The number of methoxy groups -OCH3 is 2. The first kappa shape index (κ1) is 18.1. The van der Waals surface area contributed by atoms with E-state index in [0.717, 1.165) is 30.4 Å². The average molecular weight is 309 g/mol. The molecule has 22 heavy (non-hydrogen) atoms. The van der Waals surface area contributed by atoms with Crippen LogP contribution in [-0.4, -0.2) is 46.5 Å². The van der Waals surface area contributed by atoms with Gasteiger partial charge in [0.05, 0.1) is 13.7 Å². The molecule has 0 saturated heterocycles. The monoisotopic (exact) mass is 309 g/mol. The van der Waals surface area contributed by atoms with Gasteiger partial charge in [-0.15, -0.1) is 0 Å². The van der Waals surface area contributed by atoms with Crippen molar-refractivity contribution in [3.8, 4) is 11.5 Å². The largest absolute Gasteiger partial charge is 0.493 e. The van der Waals surface area contributed by atoms with Crippen LogP contribution in [0.1, 0.15) is 20.3 Å². The van der Waals surface area contributed by atoms with E-state index in [0.29, 0.717) is 25.5 Å². The van der Waals surface area contributed by atoms with E-state index in [1.807, 2.05) is 32.0 Å². The first-order valence-electron chi connectivity index (χ1n) is 7.60. The number of nitrogens with zero attached hydrogens (tertiary/aromatic N) is 1. The molecule has 0 heterocycles. The normalized spacial score (nSPS) is 11.2. The van der Waals surface area contributed by atoms with Gasteiger partial charge in [-0.25, -0.2) is 0 Å². The molecule has 0 unspecified atom stereocenters. The second-order valence-corrected chi connectivity index (χ2v) is 4.53. The molecule has 0 atom stereocenters. The molecule has 0 bridgehead atoms. The van der Waals surface area contributed by atoms with E-state index in [1.165, 1.54) is 0 Å². The number of hydrogen-bond donors (Lipinski definition) is 2. The molecule has 1 aromatic rings. The number of hydrogen-bond acceptors (Lipinski definition) is 4. The summed E-state index contributed by atoms with van der Waals surface area (Å²) in [4.78, 5) is 4.50. The van der Waals surface area contributed by atoms with Crippen LogP contribution in [0.5, 0.6) is 11.5 Å². The molecule has 1 aromatic carbocycles. The first-order valence-corrected chi connectivity index (χ1v) is 7.60.